The Labute approximate surface area is 176 Å². The largest absolute Gasteiger partial charge is 0.508 e. The molecule has 0 unspecified atom stereocenters. The van der Waals surface area contributed by atoms with Crippen molar-refractivity contribution < 1.29 is 15.0 Å². The van der Waals surface area contributed by atoms with E-state index in [1.54, 1.807) is 48.5 Å². The number of non-ortho nitro benzene ring substituents is 2. The van der Waals surface area contributed by atoms with Crippen molar-refractivity contribution in [2.75, 3.05) is 0 Å². The summed E-state index contributed by atoms with van der Waals surface area (Å²) in [5, 5.41) is 31.5. The van der Waals surface area contributed by atoms with E-state index in [4.69, 9.17) is 0 Å². The van der Waals surface area contributed by atoms with Gasteiger partial charge in [0.1, 0.15) is 5.75 Å². The molecule has 0 atom stereocenters. The van der Waals surface area contributed by atoms with Crippen LogP contribution in [0.2, 0.25) is 0 Å². The van der Waals surface area contributed by atoms with E-state index in [0.717, 1.165) is 11.1 Å². The van der Waals surface area contributed by atoms with Crippen molar-refractivity contribution in [3.8, 4) is 39.4 Å². The lowest BCUT2D eigenvalue weighted by molar-refractivity contribution is -0.385. The minimum Gasteiger partial charge on any atom is -0.508 e. The smallest absolute Gasteiger partial charge is 0.269 e. The van der Waals surface area contributed by atoms with Gasteiger partial charge in [0, 0.05) is 35.4 Å². The van der Waals surface area contributed by atoms with Gasteiger partial charge in [0.2, 0.25) is 0 Å². The van der Waals surface area contributed by atoms with Gasteiger partial charge in [-0.25, -0.2) is 4.98 Å². The van der Waals surface area contributed by atoms with Crippen LogP contribution < -0.4 is 0 Å². The highest BCUT2D eigenvalue weighted by Gasteiger charge is 2.12. The van der Waals surface area contributed by atoms with Crippen LogP contribution in [0.4, 0.5) is 11.4 Å². The number of benzene rings is 3. The molecule has 0 aliphatic carbocycles. The van der Waals surface area contributed by atoms with Gasteiger partial charge in [-0.15, -0.1) is 0 Å². The summed E-state index contributed by atoms with van der Waals surface area (Å²) in [6, 6.07) is 22.5. The van der Waals surface area contributed by atoms with Crippen LogP contribution in [0.5, 0.6) is 5.75 Å². The zero-order chi connectivity index (χ0) is 22.0. The molecule has 8 heteroatoms. The molecule has 4 rings (SSSR count). The van der Waals surface area contributed by atoms with E-state index in [9.17, 15) is 25.3 Å². The molecule has 0 aliphatic heterocycles. The summed E-state index contributed by atoms with van der Waals surface area (Å²) in [6.45, 7) is 0. The molecule has 0 spiro atoms. The van der Waals surface area contributed by atoms with Crippen molar-refractivity contribution in [2.24, 2.45) is 0 Å². The molecule has 8 nitrogen and oxygen atoms in total. The van der Waals surface area contributed by atoms with E-state index < -0.39 is 9.85 Å². The predicted molar refractivity (Wildman–Crippen MR) is 116 cm³/mol. The summed E-state index contributed by atoms with van der Waals surface area (Å²) < 4.78 is 0. The number of pyridine rings is 1. The van der Waals surface area contributed by atoms with Crippen molar-refractivity contribution in [1.82, 2.24) is 4.98 Å². The number of hydrogen-bond acceptors (Lipinski definition) is 6. The SMILES string of the molecule is O=[N+]([O-])c1ccc(-c2cc(-c3ccc(O)cc3)cc(-c3ccc([N+](=O)[O-])cc3)n2)cc1. The van der Waals surface area contributed by atoms with E-state index in [2.05, 4.69) is 4.98 Å². The Morgan fingerprint density at radius 2 is 0.968 bits per heavy atom. The van der Waals surface area contributed by atoms with E-state index in [-0.39, 0.29) is 17.1 Å². The van der Waals surface area contributed by atoms with Crippen molar-refractivity contribution in [3.05, 3.63) is 105 Å². The van der Waals surface area contributed by atoms with Crippen LogP contribution in [0.1, 0.15) is 0 Å². The Morgan fingerprint density at radius 3 is 1.35 bits per heavy atom. The summed E-state index contributed by atoms with van der Waals surface area (Å²) in [7, 11) is 0. The topological polar surface area (TPSA) is 119 Å². The maximum atomic E-state index is 11.0. The van der Waals surface area contributed by atoms with Crippen molar-refractivity contribution in [1.29, 1.82) is 0 Å². The summed E-state index contributed by atoms with van der Waals surface area (Å²) in [5.74, 6) is 0.143. The first-order valence-corrected chi connectivity index (χ1v) is 9.22. The van der Waals surface area contributed by atoms with Gasteiger partial charge in [0.15, 0.2) is 0 Å². The quantitative estimate of drug-likeness (QED) is 0.336. The number of aromatic nitrogens is 1. The number of nitro benzene ring substituents is 2. The van der Waals surface area contributed by atoms with E-state index in [1.807, 2.05) is 12.1 Å². The molecule has 31 heavy (non-hydrogen) atoms. The van der Waals surface area contributed by atoms with Gasteiger partial charge >= 0.3 is 0 Å². The zero-order valence-electron chi connectivity index (χ0n) is 16.0. The summed E-state index contributed by atoms with van der Waals surface area (Å²) >= 11 is 0. The van der Waals surface area contributed by atoms with Crippen LogP contribution >= 0.6 is 0 Å². The number of nitro groups is 2. The molecule has 152 valence electrons. The molecule has 0 radical (unpaired) electrons. The second-order valence-corrected chi connectivity index (χ2v) is 6.78. The van der Waals surface area contributed by atoms with Crippen molar-refractivity contribution >= 4 is 11.4 Å². The highest BCUT2D eigenvalue weighted by atomic mass is 16.6. The molecule has 0 bridgehead atoms. The summed E-state index contributed by atoms with van der Waals surface area (Å²) in [6.07, 6.45) is 0. The zero-order valence-corrected chi connectivity index (χ0v) is 16.0. The lowest BCUT2D eigenvalue weighted by Crippen LogP contribution is -1.93. The Morgan fingerprint density at radius 1 is 0.581 bits per heavy atom. The first kappa shape index (κ1) is 19.7. The summed E-state index contributed by atoms with van der Waals surface area (Å²) in [5.41, 5.74) is 4.18. The molecule has 0 amide bonds. The minimum atomic E-state index is -0.466. The molecule has 0 saturated heterocycles. The van der Waals surface area contributed by atoms with Gasteiger partial charge in [-0.1, -0.05) is 12.1 Å². The second-order valence-electron chi connectivity index (χ2n) is 6.78. The number of hydrogen-bond donors (Lipinski definition) is 1. The molecule has 4 aromatic rings. The van der Waals surface area contributed by atoms with Crippen molar-refractivity contribution in [3.63, 3.8) is 0 Å². The average Bonchev–Trinajstić information content (AvgIpc) is 2.79. The van der Waals surface area contributed by atoms with Gasteiger partial charge < -0.3 is 5.11 Å². The maximum absolute atomic E-state index is 11.0. The third-order valence-corrected chi connectivity index (χ3v) is 4.77. The van der Waals surface area contributed by atoms with Crippen molar-refractivity contribution in [2.45, 2.75) is 0 Å². The van der Waals surface area contributed by atoms with Gasteiger partial charge in [-0.2, -0.15) is 0 Å². The van der Waals surface area contributed by atoms with Crippen LogP contribution in [0, 0.1) is 20.2 Å². The average molecular weight is 413 g/mol. The van der Waals surface area contributed by atoms with Crippen LogP contribution in [0.3, 0.4) is 0 Å². The minimum absolute atomic E-state index is 0.0194. The molecule has 1 N–H and O–H groups in total. The normalized spacial score (nSPS) is 10.6. The number of phenols is 1. The Kier molecular flexibility index (Phi) is 5.11. The van der Waals surface area contributed by atoms with Gasteiger partial charge in [0.25, 0.3) is 11.4 Å². The molecule has 0 saturated carbocycles. The Bertz CT molecular complexity index is 1190. The molecule has 3 aromatic carbocycles. The molecular formula is C23H15N3O5. The maximum Gasteiger partial charge on any atom is 0.269 e. The van der Waals surface area contributed by atoms with Gasteiger partial charge in [-0.05, 0) is 59.7 Å². The Hall–Kier alpha value is -4.59. The predicted octanol–water partition coefficient (Wildman–Crippen LogP) is 5.60. The number of phenolic OH excluding ortho intramolecular Hbond substituents is 1. The lowest BCUT2D eigenvalue weighted by Gasteiger charge is -2.10. The lowest BCUT2D eigenvalue weighted by atomic mass is 9.99. The fraction of sp³-hybridized carbons (Fsp3) is 0. The van der Waals surface area contributed by atoms with Crippen LogP contribution in [0.25, 0.3) is 33.6 Å². The van der Waals surface area contributed by atoms with Gasteiger partial charge in [0.05, 0.1) is 21.2 Å². The third-order valence-electron chi connectivity index (χ3n) is 4.77. The highest BCUT2D eigenvalue weighted by Crippen LogP contribution is 2.32. The molecule has 0 fully saturated rings. The number of aromatic hydroxyl groups is 1. The van der Waals surface area contributed by atoms with Gasteiger partial charge in [-0.3, -0.25) is 20.2 Å². The second kappa shape index (κ2) is 8.03. The molecular weight excluding hydrogens is 398 g/mol. The Balaban J connectivity index is 1.84. The van der Waals surface area contributed by atoms with E-state index in [0.29, 0.717) is 22.5 Å². The van der Waals surface area contributed by atoms with E-state index >= 15 is 0 Å². The monoisotopic (exact) mass is 413 g/mol. The highest BCUT2D eigenvalue weighted by molar-refractivity contribution is 5.77. The van der Waals surface area contributed by atoms with Crippen LogP contribution in [0.15, 0.2) is 84.9 Å². The standard InChI is InChI=1S/C23H15N3O5/c27-21-11-5-15(6-12-21)18-13-22(16-1-7-19(8-2-16)25(28)29)24-23(14-18)17-3-9-20(10-4-17)26(30)31/h1-14,27H. The van der Waals surface area contributed by atoms with E-state index in [1.165, 1.54) is 24.3 Å². The number of rotatable bonds is 5. The van der Waals surface area contributed by atoms with Crippen LogP contribution in [-0.2, 0) is 0 Å². The summed E-state index contributed by atoms with van der Waals surface area (Å²) in [4.78, 5) is 25.6. The molecule has 1 heterocycles. The first-order valence-electron chi connectivity index (χ1n) is 9.22. The third kappa shape index (κ3) is 4.23. The first-order chi connectivity index (χ1) is 14.9. The fourth-order valence-corrected chi connectivity index (χ4v) is 3.15. The number of nitrogens with zero attached hydrogens (tertiary/aromatic N) is 3. The fourth-order valence-electron chi connectivity index (χ4n) is 3.15. The molecule has 0 aliphatic rings. The van der Waals surface area contributed by atoms with Crippen LogP contribution in [-0.4, -0.2) is 19.9 Å². The molecule has 1 aromatic heterocycles.